The summed E-state index contributed by atoms with van der Waals surface area (Å²) in [6.07, 6.45) is 30.2. The summed E-state index contributed by atoms with van der Waals surface area (Å²) in [6.45, 7) is 14.8. The van der Waals surface area contributed by atoms with Crippen molar-refractivity contribution in [1.29, 1.82) is 0 Å². The summed E-state index contributed by atoms with van der Waals surface area (Å²) in [7, 11) is -1.55. The van der Waals surface area contributed by atoms with Crippen LogP contribution in [0.2, 0.25) is 18.1 Å². The Labute approximate surface area is 178 Å². The molecule has 0 atom stereocenters. The lowest BCUT2D eigenvalue weighted by atomic mass is 10.2. The predicted molar refractivity (Wildman–Crippen MR) is 132 cm³/mol. The Morgan fingerprint density at radius 3 is 1.82 bits per heavy atom. The Hall–Kier alpha value is -0.863. The van der Waals surface area contributed by atoms with E-state index < -0.39 is 8.32 Å². The van der Waals surface area contributed by atoms with Crippen LogP contribution in [0.15, 0.2) is 48.6 Å². The van der Waals surface area contributed by atoms with E-state index in [-0.39, 0.29) is 0 Å². The molecule has 162 valence electrons. The third-order valence-corrected chi connectivity index (χ3v) is 10.1. The molecule has 0 spiro atoms. The normalized spacial score (nSPS) is 13.8. The standard InChI is InChI=1S/C26H48OSi/c1-7-8-9-10-11-12-13-14-15-16-17-18-19-20-21-22-23-24-25-27-28(5,6)26(2,3)4/h11-16,19-20H,7-10,17-18,21-25H2,1-6H3. The zero-order valence-corrected chi connectivity index (χ0v) is 20.8. The number of hydrogen-bond donors (Lipinski definition) is 0. The van der Waals surface area contributed by atoms with E-state index in [2.05, 4.69) is 89.4 Å². The number of allylic oxidation sites excluding steroid dienone is 8. The highest BCUT2D eigenvalue weighted by Crippen LogP contribution is 2.36. The molecular formula is C26H48OSi. The highest BCUT2D eigenvalue weighted by Gasteiger charge is 2.36. The van der Waals surface area contributed by atoms with Gasteiger partial charge in [-0.2, -0.15) is 0 Å². The van der Waals surface area contributed by atoms with Gasteiger partial charge in [0.25, 0.3) is 0 Å². The maximum Gasteiger partial charge on any atom is 0.191 e. The summed E-state index contributed by atoms with van der Waals surface area (Å²) < 4.78 is 6.23. The fourth-order valence-electron chi connectivity index (χ4n) is 2.50. The van der Waals surface area contributed by atoms with Gasteiger partial charge >= 0.3 is 0 Å². The highest BCUT2D eigenvalue weighted by atomic mass is 28.4. The lowest BCUT2D eigenvalue weighted by molar-refractivity contribution is 0.278. The summed E-state index contributed by atoms with van der Waals surface area (Å²) in [5, 5.41) is 0.324. The average Bonchev–Trinajstić information content (AvgIpc) is 2.62. The molecule has 0 unspecified atom stereocenters. The smallest absolute Gasteiger partial charge is 0.191 e. The fraction of sp³-hybridized carbons (Fsp3) is 0.692. The van der Waals surface area contributed by atoms with E-state index in [1.54, 1.807) is 0 Å². The molecule has 0 aromatic carbocycles. The molecular weight excluding hydrogens is 356 g/mol. The first-order chi connectivity index (χ1) is 13.3. The Morgan fingerprint density at radius 1 is 0.643 bits per heavy atom. The van der Waals surface area contributed by atoms with Crippen LogP contribution < -0.4 is 0 Å². The molecule has 0 bridgehead atoms. The van der Waals surface area contributed by atoms with Crippen LogP contribution in [0.4, 0.5) is 0 Å². The van der Waals surface area contributed by atoms with Crippen molar-refractivity contribution in [2.45, 2.75) is 110 Å². The van der Waals surface area contributed by atoms with Crippen LogP contribution in [0.25, 0.3) is 0 Å². The third kappa shape index (κ3) is 16.1. The molecule has 0 fully saturated rings. The lowest BCUT2D eigenvalue weighted by Crippen LogP contribution is -2.40. The van der Waals surface area contributed by atoms with Crippen molar-refractivity contribution in [2.24, 2.45) is 0 Å². The van der Waals surface area contributed by atoms with Gasteiger partial charge in [0.2, 0.25) is 0 Å². The minimum atomic E-state index is -1.55. The van der Waals surface area contributed by atoms with Crippen molar-refractivity contribution in [3.63, 3.8) is 0 Å². The first-order valence-corrected chi connectivity index (χ1v) is 14.5. The molecule has 0 rings (SSSR count). The Balaban J connectivity index is 3.54. The van der Waals surface area contributed by atoms with Crippen LogP contribution in [0.5, 0.6) is 0 Å². The largest absolute Gasteiger partial charge is 0.417 e. The van der Waals surface area contributed by atoms with Gasteiger partial charge in [-0.05, 0) is 63.1 Å². The predicted octanol–water partition coefficient (Wildman–Crippen LogP) is 9.15. The van der Waals surface area contributed by atoms with E-state index in [1.807, 2.05) is 0 Å². The molecule has 0 aliphatic rings. The molecule has 0 amide bonds. The SMILES string of the molecule is CCCCCC=CC=CC=CCCC=CCCCCCO[Si](C)(C)C(C)(C)C. The minimum absolute atomic E-state index is 0.324. The molecule has 0 N–H and O–H groups in total. The number of hydrogen-bond acceptors (Lipinski definition) is 1. The van der Waals surface area contributed by atoms with Gasteiger partial charge in [-0.25, -0.2) is 0 Å². The monoisotopic (exact) mass is 404 g/mol. The molecule has 0 aliphatic carbocycles. The van der Waals surface area contributed by atoms with Crippen molar-refractivity contribution in [2.75, 3.05) is 6.61 Å². The summed E-state index contributed by atoms with van der Waals surface area (Å²) in [5.74, 6) is 0. The van der Waals surface area contributed by atoms with Crippen molar-refractivity contribution in [1.82, 2.24) is 0 Å². The Morgan fingerprint density at radius 2 is 1.18 bits per heavy atom. The first kappa shape index (κ1) is 27.1. The quantitative estimate of drug-likeness (QED) is 0.108. The van der Waals surface area contributed by atoms with Crippen molar-refractivity contribution in [3.8, 4) is 0 Å². The maximum absolute atomic E-state index is 6.23. The van der Waals surface area contributed by atoms with Gasteiger partial charge in [0, 0.05) is 6.61 Å². The van der Waals surface area contributed by atoms with E-state index in [0.29, 0.717) is 5.04 Å². The topological polar surface area (TPSA) is 9.23 Å². The molecule has 0 heterocycles. The van der Waals surface area contributed by atoms with Gasteiger partial charge < -0.3 is 4.43 Å². The van der Waals surface area contributed by atoms with Crippen LogP contribution in [-0.2, 0) is 4.43 Å². The van der Waals surface area contributed by atoms with E-state index >= 15 is 0 Å². The molecule has 0 aromatic heterocycles. The Bertz CT molecular complexity index is 463. The van der Waals surface area contributed by atoms with Crippen LogP contribution in [0.1, 0.15) is 91.9 Å². The molecule has 0 radical (unpaired) electrons. The molecule has 1 nitrogen and oxygen atoms in total. The lowest BCUT2D eigenvalue weighted by Gasteiger charge is -2.36. The maximum atomic E-state index is 6.23. The second-order valence-electron chi connectivity index (χ2n) is 9.24. The summed E-state index contributed by atoms with van der Waals surface area (Å²) in [4.78, 5) is 0. The van der Waals surface area contributed by atoms with Crippen molar-refractivity contribution < 1.29 is 4.43 Å². The van der Waals surface area contributed by atoms with Crippen molar-refractivity contribution >= 4 is 8.32 Å². The van der Waals surface area contributed by atoms with E-state index in [9.17, 15) is 0 Å². The molecule has 0 aliphatic heterocycles. The van der Waals surface area contributed by atoms with E-state index in [0.717, 1.165) is 19.4 Å². The minimum Gasteiger partial charge on any atom is -0.417 e. The van der Waals surface area contributed by atoms with E-state index in [1.165, 1.54) is 51.4 Å². The van der Waals surface area contributed by atoms with Crippen LogP contribution in [-0.4, -0.2) is 14.9 Å². The van der Waals surface area contributed by atoms with Gasteiger partial charge in [0.15, 0.2) is 8.32 Å². The molecule has 0 saturated heterocycles. The number of rotatable bonds is 16. The zero-order valence-electron chi connectivity index (χ0n) is 19.8. The first-order valence-electron chi connectivity index (χ1n) is 11.6. The van der Waals surface area contributed by atoms with Crippen molar-refractivity contribution in [3.05, 3.63) is 48.6 Å². The fourth-order valence-corrected chi connectivity index (χ4v) is 3.59. The van der Waals surface area contributed by atoms with E-state index in [4.69, 9.17) is 4.43 Å². The van der Waals surface area contributed by atoms with Crippen LogP contribution in [0.3, 0.4) is 0 Å². The van der Waals surface area contributed by atoms with Gasteiger partial charge in [0.05, 0.1) is 0 Å². The summed E-state index contributed by atoms with van der Waals surface area (Å²) in [5.41, 5.74) is 0. The zero-order chi connectivity index (χ0) is 21.1. The van der Waals surface area contributed by atoms with Gasteiger partial charge in [-0.15, -0.1) is 0 Å². The highest BCUT2D eigenvalue weighted by molar-refractivity contribution is 6.74. The molecule has 0 aromatic rings. The molecule has 2 heteroatoms. The third-order valence-electron chi connectivity index (χ3n) is 5.53. The van der Waals surface area contributed by atoms with Gasteiger partial charge in [-0.3, -0.25) is 0 Å². The van der Waals surface area contributed by atoms with Gasteiger partial charge in [-0.1, -0.05) is 95.6 Å². The molecule has 0 saturated carbocycles. The number of unbranched alkanes of at least 4 members (excludes halogenated alkanes) is 7. The summed E-state index contributed by atoms with van der Waals surface area (Å²) in [6, 6.07) is 0. The Kier molecular flexibility index (Phi) is 16.5. The van der Waals surface area contributed by atoms with Crippen LogP contribution >= 0.6 is 0 Å². The second-order valence-corrected chi connectivity index (χ2v) is 14.1. The average molecular weight is 405 g/mol. The summed E-state index contributed by atoms with van der Waals surface area (Å²) >= 11 is 0. The second kappa shape index (κ2) is 17.0. The van der Waals surface area contributed by atoms with Gasteiger partial charge in [0.1, 0.15) is 0 Å². The molecule has 28 heavy (non-hydrogen) atoms. The van der Waals surface area contributed by atoms with Crippen LogP contribution in [0, 0.1) is 0 Å².